The number of hydrogen-bond donors (Lipinski definition) is 0. The molecule has 16 heavy (non-hydrogen) atoms. The van der Waals surface area contributed by atoms with Crippen LogP contribution >= 0.6 is 0 Å². The lowest BCUT2D eigenvalue weighted by Gasteiger charge is -2.20. The highest BCUT2D eigenvalue weighted by Gasteiger charge is 2.17. The minimum Gasteiger partial charge on any atom is -0.494 e. The Labute approximate surface area is 94.7 Å². The molecule has 0 fully saturated rings. The number of hydrogen-bond acceptors (Lipinski definition) is 2. The molecule has 1 aliphatic heterocycles. The Morgan fingerprint density at radius 1 is 1.44 bits per heavy atom. The molecule has 86 valence electrons. The van der Waals surface area contributed by atoms with Crippen molar-refractivity contribution in [3.63, 3.8) is 0 Å². The average Bonchev–Trinajstić information content (AvgIpc) is 2.31. The number of benzene rings is 1. The molecule has 2 rings (SSSR count). The number of halogens is 1. The Morgan fingerprint density at radius 3 is 2.94 bits per heavy atom. The van der Waals surface area contributed by atoms with Crippen molar-refractivity contribution in [2.45, 2.75) is 19.4 Å². The molecule has 1 aliphatic rings. The van der Waals surface area contributed by atoms with Crippen LogP contribution in [0.3, 0.4) is 0 Å². The molecule has 0 bridgehead atoms. The van der Waals surface area contributed by atoms with Gasteiger partial charge in [-0.3, -0.25) is 0 Å². The average molecular weight is 222 g/mol. The van der Waals surface area contributed by atoms with Crippen LogP contribution in [0, 0.1) is 5.82 Å². The lowest BCUT2D eigenvalue weighted by Crippen LogP contribution is -2.09. The highest BCUT2D eigenvalue weighted by molar-refractivity contribution is 5.31. The smallest absolute Gasteiger partial charge is 0.132 e. The van der Waals surface area contributed by atoms with Gasteiger partial charge in [0, 0.05) is 11.6 Å². The third-order valence-electron chi connectivity index (χ3n) is 2.54. The third-order valence-corrected chi connectivity index (χ3v) is 2.54. The van der Waals surface area contributed by atoms with Crippen LogP contribution in [-0.4, -0.2) is 13.2 Å². The highest BCUT2D eigenvalue weighted by atomic mass is 19.1. The van der Waals surface area contributed by atoms with Crippen molar-refractivity contribution in [2.75, 3.05) is 13.2 Å². The molecule has 2 nitrogen and oxygen atoms in total. The maximum absolute atomic E-state index is 13.8. The lowest BCUT2D eigenvalue weighted by molar-refractivity contribution is 0.0650. The second-order valence-corrected chi connectivity index (χ2v) is 3.65. The molecule has 0 radical (unpaired) electrons. The van der Waals surface area contributed by atoms with Gasteiger partial charge in [-0.2, -0.15) is 0 Å². The molecule has 0 saturated carbocycles. The fourth-order valence-electron chi connectivity index (χ4n) is 1.77. The Balaban J connectivity index is 2.18. The summed E-state index contributed by atoms with van der Waals surface area (Å²) < 4.78 is 24.5. The summed E-state index contributed by atoms with van der Waals surface area (Å²) in [6.45, 7) is 2.97. The molecule has 0 amide bonds. The molecule has 1 unspecified atom stereocenters. The Hall–Kier alpha value is -1.35. The second-order valence-electron chi connectivity index (χ2n) is 3.65. The summed E-state index contributed by atoms with van der Waals surface area (Å²) >= 11 is 0. The fourth-order valence-corrected chi connectivity index (χ4v) is 1.77. The first-order chi connectivity index (χ1) is 7.81. The van der Waals surface area contributed by atoms with E-state index in [1.165, 1.54) is 6.07 Å². The summed E-state index contributed by atoms with van der Waals surface area (Å²) in [7, 11) is 0. The van der Waals surface area contributed by atoms with Gasteiger partial charge in [0.2, 0.25) is 0 Å². The zero-order valence-electron chi connectivity index (χ0n) is 9.28. The second kappa shape index (κ2) is 5.12. The van der Waals surface area contributed by atoms with Gasteiger partial charge >= 0.3 is 0 Å². The lowest BCUT2D eigenvalue weighted by atomic mass is 10.0. The summed E-state index contributed by atoms with van der Waals surface area (Å²) in [5, 5.41) is 0. The normalized spacial score (nSPS) is 19.8. The van der Waals surface area contributed by atoms with Crippen LogP contribution in [0.1, 0.15) is 25.0 Å². The molecule has 1 atom stereocenters. The van der Waals surface area contributed by atoms with E-state index in [0.717, 1.165) is 6.42 Å². The predicted molar refractivity (Wildman–Crippen MR) is 60.0 cm³/mol. The van der Waals surface area contributed by atoms with E-state index >= 15 is 0 Å². The molecule has 1 heterocycles. The third kappa shape index (κ3) is 2.42. The van der Waals surface area contributed by atoms with E-state index in [9.17, 15) is 4.39 Å². The summed E-state index contributed by atoms with van der Waals surface area (Å²) in [6, 6.07) is 4.94. The Morgan fingerprint density at radius 2 is 2.31 bits per heavy atom. The largest absolute Gasteiger partial charge is 0.494 e. The first-order valence-electron chi connectivity index (χ1n) is 5.50. The van der Waals surface area contributed by atoms with Gasteiger partial charge in [-0.15, -0.1) is 0 Å². The van der Waals surface area contributed by atoms with Crippen molar-refractivity contribution in [1.29, 1.82) is 0 Å². The van der Waals surface area contributed by atoms with Gasteiger partial charge < -0.3 is 9.47 Å². The molecule has 1 aromatic carbocycles. The first kappa shape index (κ1) is 11.1. The molecule has 0 saturated heterocycles. The molecule has 1 aromatic rings. The van der Waals surface area contributed by atoms with Crippen LogP contribution in [0.5, 0.6) is 5.75 Å². The van der Waals surface area contributed by atoms with Crippen LogP contribution in [0.4, 0.5) is 4.39 Å². The minimum atomic E-state index is -0.258. The summed E-state index contributed by atoms with van der Waals surface area (Å²) in [6.07, 6.45) is 4.53. The molecule has 0 N–H and O–H groups in total. The van der Waals surface area contributed by atoms with Crippen molar-refractivity contribution in [1.82, 2.24) is 0 Å². The Kier molecular flexibility index (Phi) is 3.57. The van der Waals surface area contributed by atoms with Crippen LogP contribution in [0.15, 0.2) is 30.4 Å². The van der Waals surface area contributed by atoms with Gasteiger partial charge in [0.25, 0.3) is 0 Å². The van der Waals surface area contributed by atoms with Crippen molar-refractivity contribution < 1.29 is 13.9 Å². The molecule has 0 spiro atoms. The van der Waals surface area contributed by atoms with Gasteiger partial charge in [0.05, 0.1) is 19.3 Å². The van der Waals surface area contributed by atoms with E-state index < -0.39 is 0 Å². The maximum atomic E-state index is 13.8. The summed E-state index contributed by atoms with van der Waals surface area (Å²) in [4.78, 5) is 0. The fraction of sp³-hybridized carbons (Fsp3) is 0.385. The molecular weight excluding hydrogens is 207 g/mol. The van der Waals surface area contributed by atoms with Gasteiger partial charge in [0.1, 0.15) is 11.6 Å². The molecule has 3 heteroatoms. The van der Waals surface area contributed by atoms with E-state index in [2.05, 4.69) is 0 Å². The summed E-state index contributed by atoms with van der Waals surface area (Å²) in [5.74, 6) is 0.307. The van der Waals surface area contributed by atoms with E-state index in [0.29, 0.717) is 24.5 Å². The maximum Gasteiger partial charge on any atom is 0.132 e. The van der Waals surface area contributed by atoms with E-state index in [4.69, 9.17) is 9.47 Å². The van der Waals surface area contributed by atoms with E-state index in [-0.39, 0.29) is 11.9 Å². The van der Waals surface area contributed by atoms with Crippen LogP contribution in [0.2, 0.25) is 0 Å². The number of rotatable bonds is 3. The van der Waals surface area contributed by atoms with Crippen LogP contribution in [0.25, 0.3) is 0 Å². The molecular formula is C13H15FO2. The predicted octanol–water partition coefficient (Wildman–Crippen LogP) is 3.24. The van der Waals surface area contributed by atoms with Gasteiger partial charge in [0.15, 0.2) is 0 Å². The van der Waals surface area contributed by atoms with Crippen molar-refractivity contribution in [2.24, 2.45) is 0 Å². The van der Waals surface area contributed by atoms with Gasteiger partial charge in [-0.05, 0) is 25.5 Å². The molecule has 0 aromatic heterocycles. The summed E-state index contributed by atoms with van der Waals surface area (Å²) in [5.41, 5.74) is 0.604. The molecule has 0 aliphatic carbocycles. The highest BCUT2D eigenvalue weighted by Crippen LogP contribution is 2.28. The first-order valence-corrected chi connectivity index (χ1v) is 5.50. The Bertz CT molecular complexity index is 388. The zero-order chi connectivity index (χ0) is 11.4. The SMILES string of the molecule is CCOc1ccc(C2CC=CCO2)c(F)c1. The minimum absolute atomic E-state index is 0.166. The van der Waals surface area contributed by atoms with Crippen molar-refractivity contribution >= 4 is 0 Å². The number of ether oxygens (including phenoxy) is 2. The monoisotopic (exact) mass is 222 g/mol. The zero-order valence-corrected chi connectivity index (χ0v) is 9.28. The van der Waals surface area contributed by atoms with Crippen LogP contribution < -0.4 is 4.74 Å². The van der Waals surface area contributed by atoms with Crippen LogP contribution in [-0.2, 0) is 4.74 Å². The standard InChI is InChI=1S/C13H15FO2/c1-2-15-10-6-7-11(12(14)9-10)13-5-3-4-8-16-13/h3-4,6-7,9,13H,2,5,8H2,1H3. The van der Waals surface area contributed by atoms with Gasteiger partial charge in [-0.25, -0.2) is 4.39 Å². The van der Waals surface area contributed by atoms with Gasteiger partial charge in [-0.1, -0.05) is 12.2 Å². The topological polar surface area (TPSA) is 18.5 Å². The van der Waals surface area contributed by atoms with Crippen molar-refractivity contribution in [3.05, 3.63) is 41.7 Å². The van der Waals surface area contributed by atoms with E-state index in [1.807, 2.05) is 19.1 Å². The quantitative estimate of drug-likeness (QED) is 0.731. The van der Waals surface area contributed by atoms with Crippen molar-refractivity contribution in [3.8, 4) is 5.75 Å². The van der Waals surface area contributed by atoms with E-state index in [1.54, 1.807) is 12.1 Å².